The Morgan fingerprint density at radius 2 is 1.78 bits per heavy atom. The van der Waals surface area contributed by atoms with Gasteiger partial charge in [-0.05, 0) is 45.7 Å². The molecule has 0 spiro atoms. The van der Waals surface area contributed by atoms with E-state index in [-0.39, 0.29) is 0 Å². The minimum atomic E-state index is -1.41. The number of thiophene rings is 1. The summed E-state index contributed by atoms with van der Waals surface area (Å²) in [5, 5.41) is 17.8. The van der Waals surface area contributed by atoms with E-state index in [1.807, 2.05) is 6.07 Å². The lowest BCUT2D eigenvalue weighted by Crippen LogP contribution is -2.29. The van der Waals surface area contributed by atoms with Gasteiger partial charge in [-0.25, -0.2) is 0 Å². The van der Waals surface area contributed by atoms with Crippen molar-refractivity contribution in [1.82, 2.24) is 0 Å². The highest BCUT2D eigenvalue weighted by Gasteiger charge is 2.08. The molecule has 2 rings (SSSR count). The molecule has 1 heterocycles. The first-order valence-electron chi connectivity index (χ1n) is 4.85. The fraction of sp³-hybridized carbons (Fsp3) is 0. The molecule has 0 aliphatic carbocycles. The molecule has 0 bridgehead atoms. The van der Waals surface area contributed by atoms with E-state index in [2.05, 4.69) is 15.9 Å². The van der Waals surface area contributed by atoms with Gasteiger partial charge in [0.2, 0.25) is 0 Å². The summed E-state index contributed by atoms with van der Waals surface area (Å²) < 4.78 is 1.000. The summed E-state index contributed by atoms with van der Waals surface area (Å²) in [6.45, 7) is 0. The van der Waals surface area contributed by atoms with Crippen LogP contribution >= 0.6 is 38.9 Å². The Hall–Kier alpha value is -0.655. The third-order valence-electron chi connectivity index (χ3n) is 1.88. The van der Waals surface area contributed by atoms with Crippen molar-refractivity contribution in [2.75, 3.05) is 0 Å². The van der Waals surface area contributed by atoms with Gasteiger partial charge >= 0.3 is 7.12 Å². The SMILES string of the molecule is O=Cc1ccc(Br)s1.OB(O)c1ccc(Cl)cc1. The van der Waals surface area contributed by atoms with Gasteiger partial charge < -0.3 is 10.0 Å². The number of hydrogen-bond donors (Lipinski definition) is 2. The molecule has 0 saturated carbocycles. The molecule has 7 heteroatoms. The van der Waals surface area contributed by atoms with E-state index < -0.39 is 7.12 Å². The molecular weight excluding hydrogens is 338 g/mol. The number of carbonyl (C=O) groups is 1. The van der Waals surface area contributed by atoms with Gasteiger partial charge in [-0.2, -0.15) is 0 Å². The molecule has 2 aromatic rings. The Balaban J connectivity index is 0.000000184. The average Bonchev–Trinajstić information content (AvgIpc) is 2.76. The highest BCUT2D eigenvalue weighted by molar-refractivity contribution is 9.11. The van der Waals surface area contributed by atoms with Gasteiger partial charge in [-0.15, -0.1) is 11.3 Å². The monoisotopic (exact) mass is 346 g/mol. The zero-order valence-electron chi connectivity index (χ0n) is 9.09. The van der Waals surface area contributed by atoms with Crippen LogP contribution in [0.25, 0.3) is 0 Å². The number of carbonyl (C=O) groups excluding carboxylic acids is 1. The van der Waals surface area contributed by atoms with Crippen molar-refractivity contribution in [3.05, 3.63) is 50.1 Å². The van der Waals surface area contributed by atoms with Crippen molar-refractivity contribution in [2.45, 2.75) is 0 Å². The Bertz CT molecular complexity index is 501. The Labute approximate surface area is 122 Å². The van der Waals surface area contributed by atoms with E-state index in [0.717, 1.165) is 14.9 Å². The molecule has 0 aliphatic rings. The maximum atomic E-state index is 10.0. The molecule has 0 atom stereocenters. The maximum absolute atomic E-state index is 10.0. The normalized spacial score (nSPS) is 9.33. The van der Waals surface area contributed by atoms with Gasteiger partial charge in [0.05, 0.1) is 8.66 Å². The molecule has 0 aliphatic heterocycles. The number of benzene rings is 1. The zero-order chi connectivity index (χ0) is 13.5. The number of hydrogen-bond acceptors (Lipinski definition) is 4. The summed E-state index contributed by atoms with van der Waals surface area (Å²) in [7, 11) is -1.41. The van der Waals surface area contributed by atoms with Gasteiger partial charge in [0.15, 0.2) is 6.29 Å². The molecule has 18 heavy (non-hydrogen) atoms. The Morgan fingerprint density at radius 3 is 2.11 bits per heavy atom. The first-order valence-corrected chi connectivity index (χ1v) is 6.84. The lowest BCUT2D eigenvalue weighted by atomic mass is 9.81. The molecular formula is C11H9BBrClO3S. The van der Waals surface area contributed by atoms with Crippen LogP contribution in [-0.2, 0) is 0 Å². The van der Waals surface area contributed by atoms with Crippen LogP contribution in [0.2, 0.25) is 5.02 Å². The summed E-state index contributed by atoms with van der Waals surface area (Å²) in [6.07, 6.45) is 0.843. The fourth-order valence-electron chi connectivity index (χ4n) is 1.03. The molecule has 3 nitrogen and oxygen atoms in total. The van der Waals surface area contributed by atoms with E-state index in [0.29, 0.717) is 10.5 Å². The number of aldehydes is 1. The molecule has 0 amide bonds. The van der Waals surface area contributed by atoms with E-state index >= 15 is 0 Å². The minimum Gasteiger partial charge on any atom is -0.423 e. The predicted octanol–water partition coefficient (Wildman–Crippen LogP) is 2.34. The van der Waals surface area contributed by atoms with Gasteiger partial charge in [0, 0.05) is 5.02 Å². The summed E-state index contributed by atoms with van der Waals surface area (Å²) in [5.74, 6) is 0. The van der Waals surface area contributed by atoms with Crippen LogP contribution in [0.3, 0.4) is 0 Å². The molecule has 0 saturated heterocycles. The maximum Gasteiger partial charge on any atom is 0.488 e. The van der Waals surface area contributed by atoms with Gasteiger partial charge in [-0.1, -0.05) is 23.7 Å². The Kier molecular flexibility index (Phi) is 6.60. The summed E-state index contributed by atoms with van der Waals surface area (Å²) in [5.41, 5.74) is 0.449. The standard InChI is InChI=1S/C6H6BClO2.C5H3BrOS/c8-6-3-1-5(2-4-6)7(9)10;6-5-2-1-4(3-7)8-5/h1-4,9-10H;1-3H. The average molecular weight is 347 g/mol. The molecule has 0 fully saturated rings. The van der Waals surface area contributed by atoms with E-state index in [4.69, 9.17) is 21.6 Å². The minimum absolute atomic E-state index is 0.449. The van der Waals surface area contributed by atoms with Crippen LogP contribution in [-0.4, -0.2) is 23.5 Å². The topological polar surface area (TPSA) is 57.5 Å². The van der Waals surface area contributed by atoms with Crippen LogP contribution in [0.1, 0.15) is 9.67 Å². The molecule has 0 radical (unpaired) electrons. The van der Waals surface area contributed by atoms with Crippen molar-refractivity contribution < 1.29 is 14.8 Å². The van der Waals surface area contributed by atoms with Crippen LogP contribution < -0.4 is 5.46 Å². The largest absolute Gasteiger partial charge is 0.488 e. The molecule has 0 unspecified atom stereocenters. The van der Waals surface area contributed by atoms with E-state index in [1.165, 1.54) is 11.3 Å². The Morgan fingerprint density at radius 1 is 1.17 bits per heavy atom. The number of rotatable bonds is 2. The first-order chi connectivity index (χ1) is 8.52. The van der Waals surface area contributed by atoms with Crippen molar-refractivity contribution >= 4 is 57.7 Å². The number of halogens is 2. The molecule has 1 aromatic heterocycles. The van der Waals surface area contributed by atoms with Crippen molar-refractivity contribution in [3.63, 3.8) is 0 Å². The molecule has 1 aromatic carbocycles. The zero-order valence-corrected chi connectivity index (χ0v) is 12.2. The van der Waals surface area contributed by atoms with E-state index in [9.17, 15) is 4.79 Å². The second kappa shape index (κ2) is 7.71. The second-order valence-electron chi connectivity index (χ2n) is 3.18. The van der Waals surface area contributed by atoms with Crippen LogP contribution in [0, 0.1) is 0 Å². The smallest absolute Gasteiger partial charge is 0.423 e. The lowest BCUT2D eigenvalue weighted by molar-refractivity contribution is 0.112. The van der Waals surface area contributed by atoms with Crippen LogP contribution in [0.4, 0.5) is 0 Å². The van der Waals surface area contributed by atoms with Crippen molar-refractivity contribution in [1.29, 1.82) is 0 Å². The summed E-state index contributed by atoms with van der Waals surface area (Å²) >= 11 is 10.2. The third-order valence-corrected chi connectivity index (χ3v) is 3.68. The second-order valence-corrected chi connectivity index (χ2v) is 6.12. The van der Waals surface area contributed by atoms with Crippen LogP contribution in [0.5, 0.6) is 0 Å². The first kappa shape index (κ1) is 15.4. The lowest BCUT2D eigenvalue weighted by Gasteiger charge is -1.96. The van der Waals surface area contributed by atoms with Crippen molar-refractivity contribution in [3.8, 4) is 0 Å². The predicted molar refractivity (Wildman–Crippen MR) is 78.7 cm³/mol. The fourth-order valence-corrected chi connectivity index (χ4v) is 2.39. The van der Waals surface area contributed by atoms with Gasteiger partial charge in [0.25, 0.3) is 0 Å². The molecule has 2 N–H and O–H groups in total. The van der Waals surface area contributed by atoms with Gasteiger partial charge in [0.1, 0.15) is 0 Å². The summed E-state index contributed by atoms with van der Waals surface area (Å²) in [4.78, 5) is 10.8. The quantitative estimate of drug-likeness (QED) is 0.648. The third kappa shape index (κ3) is 5.33. The highest BCUT2D eigenvalue weighted by atomic mass is 79.9. The highest BCUT2D eigenvalue weighted by Crippen LogP contribution is 2.19. The van der Waals surface area contributed by atoms with E-state index in [1.54, 1.807) is 30.3 Å². The molecule has 94 valence electrons. The summed E-state index contributed by atoms with van der Waals surface area (Å²) in [6, 6.07) is 9.98. The van der Waals surface area contributed by atoms with Gasteiger partial charge in [-0.3, -0.25) is 4.79 Å². The van der Waals surface area contributed by atoms with Crippen molar-refractivity contribution in [2.24, 2.45) is 0 Å². The van der Waals surface area contributed by atoms with Crippen LogP contribution in [0.15, 0.2) is 40.2 Å².